The summed E-state index contributed by atoms with van der Waals surface area (Å²) in [7, 11) is 2.02. The minimum atomic E-state index is -1.15. The smallest absolute Gasteiger partial charge is 0.355 e. The summed E-state index contributed by atoms with van der Waals surface area (Å²) >= 11 is 1.56. The normalized spacial score (nSPS) is 26.8. The third-order valence-corrected chi connectivity index (χ3v) is 13.8. The summed E-state index contributed by atoms with van der Waals surface area (Å²) in [5.74, 6) is 0.646. The molecule has 0 saturated heterocycles. The molecule has 14 heteroatoms. The van der Waals surface area contributed by atoms with Crippen LogP contribution in [0.4, 0.5) is 22.6 Å². The number of aliphatic hydroxyl groups excluding tert-OH is 1. The number of aliphatic hydroxyl groups is 1. The van der Waals surface area contributed by atoms with Gasteiger partial charge in [-0.2, -0.15) is 0 Å². The summed E-state index contributed by atoms with van der Waals surface area (Å²) in [6.07, 6.45) is 9.43. The zero-order chi connectivity index (χ0) is 40.2. The number of ether oxygens (including phenoxy) is 1. The molecule has 4 aliphatic carbocycles. The molecule has 0 radical (unpaired) electrons. The quantitative estimate of drug-likeness (QED) is 0.0760. The topological polar surface area (TPSA) is 173 Å². The van der Waals surface area contributed by atoms with Crippen molar-refractivity contribution in [3.63, 3.8) is 0 Å². The lowest BCUT2D eigenvalue weighted by Gasteiger charge is -2.69. The number of carbonyl (C=O) groups is 1. The number of pyridine rings is 1. The number of fused-ring (bicyclic) bond motifs is 2. The van der Waals surface area contributed by atoms with Crippen molar-refractivity contribution in [2.24, 2.45) is 16.2 Å². The van der Waals surface area contributed by atoms with Crippen LogP contribution in [0.2, 0.25) is 0 Å². The lowest BCUT2D eigenvalue weighted by Crippen LogP contribution is -2.65. The number of rotatable bonds is 15. The van der Waals surface area contributed by atoms with E-state index in [9.17, 15) is 15.0 Å². The fourth-order valence-corrected chi connectivity index (χ4v) is 12.5. The summed E-state index contributed by atoms with van der Waals surface area (Å²) in [6.45, 7) is 12.4. The van der Waals surface area contributed by atoms with E-state index in [4.69, 9.17) is 20.1 Å². The van der Waals surface area contributed by atoms with E-state index in [2.05, 4.69) is 39.6 Å². The first kappa shape index (κ1) is 39.3. The second-order valence-electron chi connectivity index (χ2n) is 18.0. The van der Waals surface area contributed by atoms with Gasteiger partial charge in [0.1, 0.15) is 5.82 Å². The first-order valence-corrected chi connectivity index (χ1v) is 21.0. The van der Waals surface area contributed by atoms with Crippen molar-refractivity contribution < 1.29 is 19.7 Å². The minimum absolute atomic E-state index is 0.0198. The second kappa shape index (κ2) is 15.0. The van der Waals surface area contributed by atoms with Crippen LogP contribution < -0.4 is 15.5 Å². The van der Waals surface area contributed by atoms with Crippen LogP contribution in [0.25, 0.3) is 15.8 Å². The van der Waals surface area contributed by atoms with Crippen molar-refractivity contribution in [1.29, 1.82) is 5.41 Å². The third-order valence-electron chi connectivity index (χ3n) is 12.8. The Balaban J connectivity index is 1.02. The van der Waals surface area contributed by atoms with Gasteiger partial charge in [0.05, 0.1) is 29.0 Å². The first-order chi connectivity index (χ1) is 27.2. The Morgan fingerprint density at radius 1 is 1.05 bits per heavy atom. The molecule has 1 aromatic carbocycles. The monoisotopic (exact) mass is 793 g/mol. The molecule has 0 spiro atoms. The minimum Gasteiger partial charge on any atom is -0.476 e. The molecule has 302 valence electrons. The van der Waals surface area contributed by atoms with Crippen LogP contribution in [0.5, 0.6) is 0 Å². The highest BCUT2D eigenvalue weighted by molar-refractivity contribution is 7.22. The highest BCUT2D eigenvalue weighted by Crippen LogP contribution is 2.71. The van der Waals surface area contributed by atoms with Gasteiger partial charge in [0.15, 0.2) is 22.5 Å². The Hall–Kier alpha value is -4.50. The van der Waals surface area contributed by atoms with E-state index in [1.165, 1.54) is 12.6 Å². The fourth-order valence-electron chi connectivity index (χ4n) is 11.6. The van der Waals surface area contributed by atoms with Gasteiger partial charge in [0.25, 0.3) is 0 Å². The number of para-hydroxylation sites is 1. The van der Waals surface area contributed by atoms with E-state index < -0.39 is 5.97 Å². The van der Waals surface area contributed by atoms with Gasteiger partial charge in [-0.3, -0.25) is 0 Å². The number of hydrogen-bond acceptors (Lipinski definition) is 13. The van der Waals surface area contributed by atoms with Crippen LogP contribution in [0, 0.1) is 28.6 Å². The number of carboxylic acids is 1. The van der Waals surface area contributed by atoms with E-state index >= 15 is 0 Å². The maximum atomic E-state index is 12.9. The molecule has 2 atom stereocenters. The van der Waals surface area contributed by atoms with Crippen LogP contribution >= 0.6 is 11.3 Å². The van der Waals surface area contributed by atoms with Crippen LogP contribution in [0.3, 0.4) is 0 Å². The van der Waals surface area contributed by atoms with Gasteiger partial charge in [-0.25, -0.2) is 14.8 Å². The van der Waals surface area contributed by atoms with E-state index in [-0.39, 0.29) is 34.1 Å². The van der Waals surface area contributed by atoms with Crippen LogP contribution in [0.1, 0.15) is 92.9 Å². The van der Waals surface area contributed by atoms with Crippen molar-refractivity contribution in [3.8, 4) is 0 Å². The Bertz CT molecular complexity index is 2190. The summed E-state index contributed by atoms with van der Waals surface area (Å²) in [5, 5.41) is 45.4. The predicted octanol–water partition coefficient (Wildman–Crippen LogP) is 7.35. The summed E-state index contributed by atoms with van der Waals surface area (Å²) in [6, 6.07) is 11.6. The van der Waals surface area contributed by atoms with E-state index in [0.29, 0.717) is 48.3 Å². The lowest BCUT2D eigenvalue weighted by atomic mass is 9.39. The third kappa shape index (κ3) is 7.64. The molecule has 4 aromatic rings. The number of carboxylic acid groups (broad SMARTS) is 1. The number of allylic oxidation sites excluding steroid dienone is 2. The predicted molar refractivity (Wildman–Crippen MR) is 225 cm³/mol. The summed E-state index contributed by atoms with van der Waals surface area (Å²) < 4.78 is 7.93. The number of anilines is 4. The Morgan fingerprint density at radius 2 is 1.82 bits per heavy atom. The molecule has 5 N–H and O–H groups in total. The number of aromatic nitrogens is 4. The average molecular weight is 794 g/mol. The molecule has 3 aromatic heterocycles. The van der Waals surface area contributed by atoms with Crippen LogP contribution in [-0.2, 0) is 11.2 Å². The molecule has 1 aliphatic heterocycles. The Morgan fingerprint density at radius 3 is 2.54 bits per heavy atom. The molecule has 0 amide bonds. The van der Waals surface area contributed by atoms with Crippen molar-refractivity contribution in [2.75, 3.05) is 56.7 Å². The van der Waals surface area contributed by atoms with Gasteiger partial charge < -0.3 is 40.8 Å². The maximum Gasteiger partial charge on any atom is 0.355 e. The van der Waals surface area contributed by atoms with Crippen molar-refractivity contribution in [2.45, 2.75) is 84.7 Å². The van der Waals surface area contributed by atoms with E-state index in [0.717, 1.165) is 90.2 Å². The number of likely N-dealkylation sites (N-methyl/N-ethyl adjacent to an activating group) is 1. The highest BCUT2D eigenvalue weighted by Gasteiger charge is 2.66. The fraction of sp³-hybridized carbons (Fsp3) is 0.535. The van der Waals surface area contributed by atoms with Gasteiger partial charge in [0, 0.05) is 60.4 Å². The van der Waals surface area contributed by atoms with Crippen molar-refractivity contribution >= 4 is 61.9 Å². The van der Waals surface area contributed by atoms with Gasteiger partial charge in [-0.1, -0.05) is 37.3 Å². The van der Waals surface area contributed by atoms with E-state index in [1.807, 2.05) is 56.1 Å². The largest absolute Gasteiger partial charge is 0.476 e. The average Bonchev–Trinajstić information content (AvgIpc) is 3.56. The standard InChI is InChI=1S/C43H55N9O4S/c1-27-29-9-8-14-52(37(29)50-49-36(27)48-39-46-32-10-6-7-11-33(32)57-39)34-13-12-30(35(47-34)38(54)55)31(19-44)28(2)45-26-42-21-40(3)20-41(4,22-42)24-43(23-40,25-42)56-18-16-51(5)15-17-53/h6-7,10-13,19,44-45,53H,8-9,14-18,20-26H2,1-5H3,(H,54,55)(H,46,48,49)/b31-28+,44-19?. The summed E-state index contributed by atoms with van der Waals surface area (Å²) in [4.78, 5) is 26.4. The molecule has 57 heavy (non-hydrogen) atoms. The molecule has 2 unspecified atom stereocenters. The Kier molecular flexibility index (Phi) is 10.4. The SMILES string of the molecule is C/C(NCC12CC3(C)CC(C)(C1)CC(OCCN(C)CCO)(C3)C2)=C(/C=N)c1ccc(N2CCCc3c2nnc(Nc2nc4ccccc4s2)c3C)nc1C(=O)O. The molecule has 9 rings (SSSR count). The molecule has 4 fully saturated rings. The molecule has 4 saturated carbocycles. The number of nitrogens with zero attached hydrogens (tertiary/aromatic N) is 6. The maximum absolute atomic E-state index is 12.9. The molecule has 4 bridgehead atoms. The number of thiazole rings is 1. The zero-order valence-electron chi connectivity index (χ0n) is 33.7. The van der Waals surface area contributed by atoms with Gasteiger partial charge in [-0.15, -0.1) is 10.2 Å². The zero-order valence-corrected chi connectivity index (χ0v) is 34.6. The highest BCUT2D eigenvalue weighted by atomic mass is 32.1. The van der Waals surface area contributed by atoms with E-state index in [1.54, 1.807) is 17.4 Å². The van der Waals surface area contributed by atoms with Gasteiger partial charge in [-0.05, 0) is 113 Å². The summed E-state index contributed by atoms with van der Waals surface area (Å²) in [5.41, 5.74) is 4.71. The number of hydrogen-bond donors (Lipinski definition) is 5. The van der Waals surface area contributed by atoms with Crippen LogP contribution in [0.15, 0.2) is 42.1 Å². The molecular formula is C43H55N9O4S. The van der Waals surface area contributed by atoms with Crippen LogP contribution in [-0.4, -0.2) is 99.5 Å². The molecular weight excluding hydrogens is 739 g/mol. The van der Waals surface area contributed by atoms with Crippen molar-refractivity contribution in [3.05, 3.63) is 64.5 Å². The molecule has 13 nitrogen and oxygen atoms in total. The molecule has 4 heterocycles. The van der Waals surface area contributed by atoms with Gasteiger partial charge in [0.2, 0.25) is 0 Å². The lowest BCUT2D eigenvalue weighted by molar-refractivity contribution is -0.243. The number of nitrogens with one attached hydrogen (secondary N) is 3. The Labute approximate surface area is 338 Å². The van der Waals surface area contributed by atoms with Gasteiger partial charge >= 0.3 is 5.97 Å². The second-order valence-corrected chi connectivity index (χ2v) is 19.0. The number of benzene rings is 1. The molecule has 5 aliphatic rings. The first-order valence-electron chi connectivity index (χ1n) is 20.1. The van der Waals surface area contributed by atoms with Crippen molar-refractivity contribution in [1.82, 2.24) is 30.4 Å². The number of aromatic carboxylic acids is 1.